The van der Waals surface area contributed by atoms with Crippen LogP contribution in [0.25, 0.3) is 6.08 Å². The fraction of sp³-hybridized carbons (Fsp3) is 0.448. The summed E-state index contributed by atoms with van der Waals surface area (Å²) < 4.78 is 0. The minimum Gasteiger partial charge on any atom is -0.364 e. The lowest BCUT2D eigenvalue weighted by Crippen LogP contribution is -2.51. The number of anilines is 1. The minimum atomic E-state index is 0.0524. The number of nitrogens with zero attached hydrogens (tertiary/aromatic N) is 3. The van der Waals surface area contributed by atoms with Crippen LogP contribution in [-0.2, 0) is 4.79 Å². The lowest BCUT2D eigenvalue weighted by atomic mass is 9.78. The molecule has 2 aromatic carbocycles. The number of amidine groups is 1. The fourth-order valence-corrected chi connectivity index (χ4v) is 6.53. The summed E-state index contributed by atoms with van der Waals surface area (Å²) in [7, 11) is 0. The average molecular weight is 476 g/mol. The molecule has 0 aliphatic carbocycles. The second-order valence-corrected chi connectivity index (χ2v) is 11.5. The number of thioether (sulfide) groups is 1. The van der Waals surface area contributed by atoms with E-state index in [0.717, 1.165) is 34.2 Å². The first-order valence-electron chi connectivity index (χ1n) is 12.4. The van der Waals surface area contributed by atoms with E-state index in [2.05, 4.69) is 71.6 Å². The van der Waals surface area contributed by atoms with Gasteiger partial charge in [0.05, 0.1) is 10.6 Å². The maximum Gasteiger partial charge on any atom is 0.266 e. The second kappa shape index (κ2) is 9.61. The monoisotopic (exact) mass is 475 g/mol. The zero-order valence-corrected chi connectivity index (χ0v) is 22.4. The van der Waals surface area contributed by atoms with Gasteiger partial charge in [0.2, 0.25) is 0 Å². The van der Waals surface area contributed by atoms with Crippen molar-refractivity contribution in [3.05, 3.63) is 64.1 Å². The number of hydrogen-bond acceptors (Lipinski definition) is 4. The maximum atomic E-state index is 13.3. The molecule has 1 saturated heterocycles. The molecule has 180 valence electrons. The molecular formula is C29H37N3OS. The van der Waals surface area contributed by atoms with Crippen molar-refractivity contribution >= 4 is 40.3 Å². The van der Waals surface area contributed by atoms with Gasteiger partial charge in [-0.15, -0.1) is 0 Å². The first-order chi connectivity index (χ1) is 16.1. The molecule has 2 aliphatic heterocycles. The number of carbonyl (C=O) groups is 1. The van der Waals surface area contributed by atoms with Crippen LogP contribution in [0.2, 0.25) is 0 Å². The van der Waals surface area contributed by atoms with Gasteiger partial charge in [0.25, 0.3) is 5.91 Å². The van der Waals surface area contributed by atoms with E-state index >= 15 is 0 Å². The molecule has 0 spiro atoms. The van der Waals surface area contributed by atoms with Crippen molar-refractivity contribution in [3.63, 3.8) is 0 Å². The first-order valence-corrected chi connectivity index (χ1v) is 13.2. The Morgan fingerprint density at radius 2 is 1.91 bits per heavy atom. The van der Waals surface area contributed by atoms with E-state index in [-0.39, 0.29) is 11.4 Å². The first kappa shape index (κ1) is 24.6. The van der Waals surface area contributed by atoms with Gasteiger partial charge < -0.3 is 4.90 Å². The van der Waals surface area contributed by atoms with Crippen molar-refractivity contribution in [2.75, 3.05) is 11.4 Å². The summed E-state index contributed by atoms with van der Waals surface area (Å²) in [6.45, 7) is 16.5. The molecule has 1 amide bonds. The molecule has 1 atom stereocenters. The van der Waals surface area contributed by atoms with Gasteiger partial charge in [-0.05, 0) is 112 Å². The summed E-state index contributed by atoms with van der Waals surface area (Å²) in [6.07, 6.45) is 4.08. The number of para-hydroxylation sites is 1. The van der Waals surface area contributed by atoms with Crippen LogP contribution in [0.4, 0.5) is 11.4 Å². The summed E-state index contributed by atoms with van der Waals surface area (Å²) >= 11 is 1.49. The number of hydrogen-bond donors (Lipinski definition) is 0. The summed E-state index contributed by atoms with van der Waals surface area (Å²) in [6, 6.07) is 14.9. The number of fused-ring (bicyclic) bond motifs is 1. The predicted octanol–water partition coefficient (Wildman–Crippen LogP) is 7.51. The summed E-state index contributed by atoms with van der Waals surface area (Å²) in [4.78, 5) is 23.3. The zero-order valence-electron chi connectivity index (χ0n) is 21.6. The van der Waals surface area contributed by atoms with Gasteiger partial charge in [0.15, 0.2) is 5.17 Å². The molecule has 0 unspecified atom stereocenters. The Morgan fingerprint density at radius 1 is 1.21 bits per heavy atom. The van der Waals surface area contributed by atoms with Crippen LogP contribution < -0.4 is 4.90 Å². The van der Waals surface area contributed by atoms with E-state index in [9.17, 15) is 4.79 Å². The highest BCUT2D eigenvalue weighted by Gasteiger charge is 2.38. The number of aryl methyl sites for hydroxylation is 1. The minimum absolute atomic E-state index is 0.0524. The molecular weight excluding hydrogens is 438 g/mol. The Hall–Kier alpha value is -2.53. The summed E-state index contributed by atoms with van der Waals surface area (Å²) in [5.41, 5.74) is 6.03. The normalized spacial score (nSPS) is 22.2. The summed E-state index contributed by atoms with van der Waals surface area (Å²) in [5, 5.41) is 0.765. The number of rotatable bonds is 5. The highest BCUT2D eigenvalue weighted by atomic mass is 32.2. The van der Waals surface area contributed by atoms with Crippen molar-refractivity contribution in [3.8, 4) is 0 Å². The molecule has 34 heavy (non-hydrogen) atoms. The van der Waals surface area contributed by atoms with Gasteiger partial charge in [0, 0.05) is 23.8 Å². The lowest BCUT2D eigenvalue weighted by molar-refractivity contribution is -0.122. The van der Waals surface area contributed by atoms with Crippen molar-refractivity contribution in [1.29, 1.82) is 0 Å². The van der Waals surface area contributed by atoms with Crippen molar-refractivity contribution in [2.45, 2.75) is 78.8 Å². The van der Waals surface area contributed by atoms with Gasteiger partial charge in [-0.25, -0.2) is 4.99 Å². The molecule has 0 radical (unpaired) electrons. The molecule has 5 heteroatoms. The molecule has 2 aliphatic rings. The van der Waals surface area contributed by atoms with Gasteiger partial charge in [-0.3, -0.25) is 9.69 Å². The highest BCUT2D eigenvalue weighted by Crippen LogP contribution is 2.46. The second-order valence-electron chi connectivity index (χ2n) is 10.4. The lowest BCUT2D eigenvalue weighted by Gasteiger charge is -2.50. The molecule has 2 heterocycles. The number of benzene rings is 2. The maximum absolute atomic E-state index is 13.3. The van der Waals surface area contributed by atoms with Crippen LogP contribution >= 0.6 is 11.8 Å². The van der Waals surface area contributed by atoms with E-state index in [0.29, 0.717) is 18.5 Å². The zero-order chi connectivity index (χ0) is 24.6. The van der Waals surface area contributed by atoms with Gasteiger partial charge in [-0.1, -0.05) is 32.0 Å². The third-order valence-corrected chi connectivity index (χ3v) is 7.79. The summed E-state index contributed by atoms with van der Waals surface area (Å²) in [5.74, 6) is 0.521. The molecule has 4 nitrogen and oxygen atoms in total. The topological polar surface area (TPSA) is 35.9 Å². The highest BCUT2D eigenvalue weighted by molar-refractivity contribution is 8.18. The molecule has 0 bridgehead atoms. The van der Waals surface area contributed by atoms with Crippen LogP contribution in [0.1, 0.15) is 77.0 Å². The third kappa shape index (κ3) is 4.68. The molecule has 1 fully saturated rings. The van der Waals surface area contributed by atoms with Crippen LogP contribution in [0.3, 0.4) is 0 Å². The molecule has 0 N–H and O–H groups in total. The van der Waals surface area contributed by atoms with E-state index in [4.69, 9.17) is 4.99 Å². The Morgan fingerprint density at radius 3 is 2.56 bits per heavy atom. The van der Waals surface area contributed by atoms with Gasteiger partial charge in [-0.2, -0.15) is 0 Å². The van der Waals surface area contributed by atoms with Crippen LogP contribution in [0.5, 0.6) is 0 Å². The standard InChI is InChI=1S/C29H37N3OS/c1-8-14-31-27(33)26(34-28(31)30-23-12-10-9-11-13-23)17-22-16-24-21(5)18-29(6,7)32(19(2)3)25(24)15-20(22)4/h9-13,15-17,19,21H,8,14,18H2,1-7H3/b26-17-,30-28?/t21-/m0/s1. The van der Waals surface area contributed by atoms with Crippen molar-refractivity contribution in [1.82, 2.24) is 4.90 Å². The van der Waals surface area contributed by atoms with Crippen LogP contribution in [-0.4, -0.2) is 34.1 Å². The SMILES string of the molecule is CCCN1C(=O)/C(=C/c2cc3c(cc2C)N(C(C)C)C(C)(C)C[C@@H]3C)SC1=Nc1ccccc1. The number of aliphatic imine (C=N–C) groups is 1. The van der Waals surface area contributed by atoms with Crippen molar-refractivity contribution in [2.24, 2.45) is 4.99 Å². The fourth-order valence-electron chi connectivity index (χ4n) is 5.51. The Kier molecular flexibility index (Phi) is 6.95. The van der Waals surface area contributed by atoms with Crippen LogP contribution in [0, 0.1) is 6.92 Å². The largest absolute Gasteiger partial charge is 0.364 e. The average Bonchev–Trinajstić information content (AvgIpc) is 3.04. The molecule has 2 aromatic rings. The molecule has 4 rings (SSSR count). The number of amides is 1. The Labute approximate surface area is 209 Å². The Balaban J connectivity index is 1.74. The van der Waals surface area contributed by atoms with Crippen LogP contribution in [0.15, 0.2) is 52.4 Å². The van der Waals surface area contributed by atoms with Gasteiger partial charge in [0.1, 0.15) is 0 Å². The van der Waals surface area contributed by atoms with Gasteiger partial charge >= 0.3 is 0 Å². The van der Waals surface area contributed by atoms with E-state index in [1.54, 1.807) is 0 Å². The predicted molar refractivity (Wildman–Crippen MR) is 147 cm³/mol. The third-order valence-electron chi connectivity index (χ3n) is 6.78. The molecule has 0 aromatic heterocycles. The van der Waals surface area contributed by atoms with E-state index in [1.165, 1.54) is 28.6 Å². The smallest absolute Gasteiger partial charge is 0.266 e. The number of carbonyl (C=O) groups excluding carboxylic acids is 1. The van der Waals surface area contributed by atoms with E-state index < -0.39 is 0 Å². The molecule has 0 saturated carbocycles. The van der Waals surface area contributed by atoms with Crippen molar-refractivity contribution < 1.29 is 4.79 Å². The Bertz CT molecular complexity index is 1130. The van der Waals surface area contributed by atoms with E-state index in [1.807, 2.05) is 35.2 Å². The quantitative estimate of drug-likeness (QED) is 0.420.